The molecule has 0 saturated heterocycles. The lowest BCUT2D eigenvalue weighted by molar-refractivity contribution is 0.438. The Kier molecular flexibility index (Phi) is 3.89. The van der Waals surface area contributed by atoms with E-state index in [1.807, 2.05) is 6.07 Å². The highest BCUT2D eigenvalue weighted by atomic mass is 32.2. The first-order valence-corrected chi connectivity index (χ1v) is 8.72. The van der Waals surface area contributed by atoms with Gasteiger partial charge in [-0.05, 0) is 18.4 Å². The second kappa shape index (κ2) is 5.58. The number of hydrogen-bond acceptors (Lipinski definition) is 3. The van der Waals surface area contributed by atoms with E-state index in [0.29, 0.717) is 10.4 Å². The number of fused-ring (bicyclic) bond motifs is 3. The van der Waals surface area contributed by atoms with E-state index in [0.717, 1.165) is 29.7 Å². The van der Waals surface area contributed by atoms with Crippen LogP contribution < -0.4 is 5.56 Å². The van der Waals surface area contributed by atoms with Gasteiger partial charge in [-0.2, -0.15) is 0 Å². The summed E-state index contributed by atoms with van der Waals surface area (Å²) >= 11 is 1.60. The van der Waals surface area contributed by atoms with Crippen LogP contribution in [0.1, 0.15) is 45.2 Å². The molecule has 0 amide bonds. The molecule has 1 aliphatic rings. The van der Waals surface area contributed by atoms with Crippen molar-refractivity contribution in [1.29, 1.82) is 0 Å². The summed E-state index contributed by atoms with van der Waals surface area (Å²) in [5.41, 5.74) is 4.00. The largest absolute Gasteiger partial charge is 0.301 e. The fourth-order valence-electron chi connectivity index (χ4n) is 3.20. The molecule has 0 bridgehead atoms. The average molecular weight is 314 g/mol. The number of nitrogens with one attached hydrogen (secondary N) is 1. The average Bonchev–Trinajstić information content (AvgIpc) is 2.46. The maximum Gasteiger partial charge on any atom is 0.255 e. The van der Waals surface area contributed by atoms with Gasteiger partial charge in [-0.15, -0.1) is 0 Å². The minimum atomic E-state index is -0.148. The molecule has 1 aromatic heterocycles. The predicted octanol–water partition coefficient (Wildman–Crippen LogP) is 4.16. The van der Waals surface area contributed by atoms with Gasteiger partial charge in [0.2, 0.25) is 0 Å². The highest BCUT2D eigenvalue weighted by molar-refractivity contribution is 7.99. The third kappa shape index (κ3) is 2.50. The van der Waals surface area contributed by atoms with Gasteiger partial charge in [-0.25, -0.2) is 4.98 Å². The minimum Gasteiger partial charge on any atom is -0.301 e. The highest BCUT2D eigenvalue weighted by Crippen LogP contribution is 2.42. The van der Waals surface area contributed by atoms with E-state index in [1.54, 1.807) is 11.8 Å². The van der Waals surface area contributed by atoms with Crippen LogP contribution >= 0.6 is 11.8 Å². The standard InChI is InChI=1S/C18H22N2OS/c1-5-18(4)10-12-8-6-7-9-13(12)15-14(18)16(21)20-17(19-15)22-11(2)3/h6-9,11H,5,10H2,1-4H3,(H,19,20,21)/t18-/m0/s1. The van der Waals surface area contributed by atoms with E-state index in [2.05, 4.69) is 50.9 Å². The lowest BCUT2D eigenvalue weighted by Crippen LogP contribution is -2.36. The summed E-state index contributed by atoms with van der Waals surface area (Å²) in [4.78, 5) is 20.5. The summed E-state index contributed by atoms with van der Waals surface area (Å²) in [6, 6.07) is 8.33. The van der Waals surface area contributed by atoms with E-state index in [4.69, 9.17) is 4.98 Å². The van der Waals surface area contributed by atoms with Crippen molar-refractivity contribution in [3.63, 3.8) is 0 Å². The van der Waals surface area contributed by atoms with Crippen LogP contribution in [0, 0.1) is 0 Å². The number of rotatable bonds is 3. The second-order valence-electron chi connectivity index (χ2n) is 6.51. The summed E-state index contributed by atoms with van der Waals surface area (Å²) in [5, 5.41) is 1.10. The Hall–Kier alpha value is -1.55. The number of thioether (sulfide) groups is 1. The Morgan fingerprint density at radius 1 is 1.36 bits per heavy atom. The molecule has 0 saturated carbocycles. The molecule has 0 spiro atoms. The number of aromatic amines is 1. The molecule has 0 radical (unpaired) electrons. The Morgan fingerprint density at radius 3 is 2.77 bits per heavy atom. The topological polar surface area (TPSA) is 45.8 Å². The van der Waals surface area contributed by atoms with Crippen LogP contribution in [0.25, 0.3) is 11.3 Å². The second-order valence-corrected chi connectivity index (χ2v) is 8.07. The molecule has 1 aliphatic carbocycles. The molecule has 0 aliphatic heterocycles. The molecule has 3 nitrogen and oxygen atoms in total. The molecule has 4 heteroatoms. The smallest absolute Gasteiger partial charge is 0.255 e. The summed E-state index contributed by atoms with van der Waals surface area (Å²) in [6.07, 6.45) is 1.82. The van der Waals surface area contributed by atoms with Crippen LogP contribution in [0.4, 0.5) is 0 Å². The summed E-state index contributed by atoms with van der Waals surface area (Å²) < 4.78 is 0. The Morgan fingerprint density at radius 2 is 2.09 bits per heavy atom. The van der Waals surface area contributed by atoms with E-state index >= 15 is 0 Å². The number of nitrogens with zero attached hydrogens (tertiary/aromatic N) is 1. The van der Waals surface area contributed by atoms with Gasteiger partial charge in [0.25, 0.3) is 5.56 Å². The molecule has 0 unspecified atom stereocenters. The number of H-pyrrole nitrogens is 1. The third-order valence-electron chi connectivity index (χ3n) is 4.48. The summed E-state index contributed by atoms with van der Waals surface area (Å²) in [7, 11) is 0. The number of hydrogen-bond donors (Lipinski definition) is 1. The SMILES string of the molecule is CC[C@@]1(C)Cc2ccccc2-c2nc(SC(C)C)[nH]c(=O)c21. The molecule has 1 N–H and O–H groups in total. The molecule has 0 fully saturated rings. The minimum absolute atomic E-state index is 0.0204. The van der Waals surface area contributed by atoms with Crippen molar-refractivity contribution in [3.05, 3.63) is 45.7 Å². The fourth-order valence-corrected chi connectivity index (χ4v) is 3.94. The zero-order valence-electron chi connectivity index (χ0n) is 13.6. The third-order valence-corrected chi connectivity index (χ3v) is 5.37. The predicted molar refractivity (Wildman–Crippen MR) is 92.6 cm³/mol. The van der Waals surface area contributed by atoms with Gasteiger partial charge in [0, 0.05) is 21.8 Å². The lowest BCUT2D eigenvalue weighted by atomic mass is 9.69. The van der Waals surface area contributed by atoms with Gasteiger partial charge in [0.1, 0.15) is 0 Å². The van der Waals surface area contributed by atoms with Gasteiger partial charge < -0.3 is 4.98 Å². The van der Waals surface area contributed by atoms with E-state index in [1.165, 1.54) is 5.56 Å². The van der Waals surface area contributed by atoms with Crippen molar-refractivity contribution in [2.24, 2.45) is 0 Å². The van der Waals surface area contributed by atoms with Crippen LogP contribution in [0.3, 0.4) is 0 Å². The van der Waals surface area contributed by atoms with Crippen LogP contribution in [-0.2, 0) is 11.8 Å². The van der Waals surface area contributed by atoms with Gasteiger partial charge in [-0.3, -0.25) is 4.79 Å². The zero-order valence-corrected chi connectivity index (χ0v) is 14.4. The molecular weight excluding hydrogens is 292 g/mol. The highest BCUT2D eigenvalue weighted by Gasteiger charge is 2.37. The van der Waals surface area contributed by atoms with E-state index in [-0.39, 0.29) is 11.0 Å². The maximum atomic E-state index is 12.7. The summed E-state index contributed by atoms with van der Waals surface area (Å²) in [5.74, 6) is 0. The Balaban J connectivity index is 2.28. The van der Waals surface area contributed by atoms with Crippen molar-refractivity contribution in [2.75, 3.05) is 0 Å². The van der Waals surface area contributed by atoms with Crippen molar-refractivity contribution in [1.82, 2.24) is 9.97 Å². The lowest BCUT2D eigenvalue weighted by Gasteiger charge is -2.35. The maximum absolute atomic E-state index is 12.7. The Labute approximate surface area is 135 Å². The van der Waals surface area contributed by atoms with Crippen molar-refractivity contribution in [2.45, 2.75) is 56.4 Å². The Bertz CT molecular complexity index is 766. The monoisotopic (exact) mass is 314 g/mol. The van der Waals surface area contributed by atoms with Gasteiger partial charge >= 0.3 is 0 Å². The normalized spacial score (nSPS) is 19.9. The van der Waals surface area contributed by atoms with Crippen LogP contribution in [0.2, 0.25) is 0 Å². The quantitative estimate of drug-likeness (QED) is 0.683. The first kappa shape index (κ1) is 15.3. The van der Waals surface area contributed by atoms with Crippen LogP contribution in [0.15, 0.2) is 34.2 Å². The molecule has 22 heavy (non-hydrogen) atoms. The first-order valence-electron chi connectivity index (χ1n) is 7.84. The molecular formula is C18H22N2OS. The number of benzene rings is 1. The van der Waals surface area contributed by atoms with Gasteiger partial charge in [0.15, 0.2) is 5.16 Å². The molecule has 3 rings (SSSR count). The van der Waals surface area contributed by atoms with Crippen molar-refractivity contribution >= 4 is 11.8 Å². The molecule has 1 aromatic carbocycles. The van der Waals surface area contributed by atoms with Gasteiger partial charge in [0.05, 0.1) is 5.69 Å². The fraction of sp³-hybridized carbons (Fsp3) is 0.444. The zero-order chi connectivity index (χ0) is 15.9. The first-order chi connectivity index (χ1) is 10.4. The van der Waals surface area contributed by atoms with Crippen molar-refractivity contribution < 1.29 is 0 Å². The number of aromatic nitrogens is 2. The van der Waals surface area contributed by atoms with Crippen molar-refractivity contribution in [3.8, 4) is 11.3 Å². The van der Waals surface area contributed by atoms with E-state index < -0.39 is 0 Å². The summed E-state index contributed by atoms with van der Waals surface area (Å²) in [6.45, 7) is 8.53. The van der Waals surface area contributed by atoms with Crippen LogP contribution in [0.5, 0.6) is 0 Å². The molecule has 2 aromatic rings. The van der Waals surface area contributed by atoms with E-state index in [9.17, 15) is 4.79 Å². The molecule has 1 atom stereocenters. The molecule has 1 heterocycles. The van der Waals surface area contributed by atoms with Gasteiger partial charge in [-0.1, -0.05) is 63.7 Å². The van der Waals surface area contributed by atoms with Crippen LogP contribution in [-0.4, -0.2) is 15.2 Å². The molecule has 116 valence electrons.